The maximum Gasteiger partial charge on any atom is 0.573 e. The standard InChI is InChI=1S/C13H15BrF3NO2/c1-19-10-4-5-18(8-10)7-9-2-3-12(11(14)6-9)20-13(15,16)17/h2-3,6,10H,4-5,7-8H2,1H3/t10-/m1/s1. The number of likely N-dealkylation sites (tertiary alicyclic amines) is 1. The number of benzene rings is 1. The van der Waals surface area contributed by atoms with E-state index in [2.05, 4.69) is 25.6 Å². The zero-order chi connectivity index (χ0) is 14.8. The summed E-state index contributed by atoms with van der Waals surface area (Å²) in [5.41, 5.74) is 0.933. The number of rotatable bonds is 4. The molecule has 0 N–H and O–H groups in total. The molecule has 0 saturated carbocycles. The largest absolute Gasteiger partial charge is 0.573 e. The third-order valence-electron chi connectivity index (χ3n) is 3.19. The van der Waals surface area contributed by atoms with Crippen LogP contribution in [-0.4, -0.2) is 37.6 Å². The lowest BCUT2D eigenvalue weighted by Crippen LogP contribution is -2.22. The molecule has 0 bridgehead atoms. The van der Waals surface area contributed by atoms with E-state index in [1.54, 1.807) is 19.2 Å². The van der Waals surface area contributed by atoms with Crippen LogP contribution < -0.4 is 4.74 Å². The highest BCUT2D eigenvalue weighted by atomic mass is 79.9. The summed E-state index contributed by atoms with van der Waals surface area (Å²) in [4.78, 5) is 2.21. The normalized spacial score (nSPS) is 20.4. The Morgan fingerprint density at radius 2 is 2.15 bits per heavy atom. The van der Waals surface area contributed by atoms with Crippen molar-refractivity contribution in [2.75, 3.05) is 20.2 Å². The van der Waals surface area contributed by atoms with Crippen LogP contribution in [0.15, 0.2) is 22.7 Å². The number of ether oxygens (including phenoxy) is 2. The number of methoxy groups -OCH3 is 1. The molecule has 0 unspecified atom stereocenters. The molecule has 112 valence electrons. The van der Waals surface area contributed by atoms with E-state index in [9.17, 15) is 13.2 Å². The quantitative estimate of drug-likeness (QED) is 0.825. The first-order valence-electron chi connectivity index (χ1n) is 6.16. The lowest BCUT2D eigenvalue weighted by atomic mass is 10.2. The molecule has 3 nitrogen and oxygen atoms in total. The van der Waals surface area contributed by atoms with E-state index in [0.29, 0.717) is 11.0 Å². The molecular weight excluding hydrogens is 339 g/mol. The molecule has 2 rings (SSSR count). The minimum absolute atomic E-state index is 0.225. The molecule has 1 atom stereocenters. The Kier molecular flexibility index (Phi) is 4.93. The fourth-order valence-electron chi connectivity index (χ4n) is 2.24. The highest BCUT2D eigenvalue weighted by Crippen LogP contribution is 2.31. The van der Waals surface area contributed by atoms with Crippen molar-refractivity contribution in [3.8, 4) is 5.75 Å². The van der Waals surface area contributed by atoms with Crippen LogP contribution in [0.5, 0.6) is 5.75 Å². The third kappa shape index (κ3) is 4.36. The highest BCUT2D eigenvalue weighted by Gasteiger charge is 2.32. The number of hydrogen-bond acceptors (Lipinski definition) is 3. The molecule has 1 heterocycles. The van der Waals surface area contributed by atoms with Gasteiger partial charge >= 0.3 is 6.36 Å². The van der Waals surface area contributed by atoms with Gasteiger partial charge in [-0.15, -0.1) is 13.2 Å². The summed E-state index contributed by atoms with van der Waals surface area (Å²) in [7, 11) is 1.69. The minimum atomic E-state index is -4.68. The fraction of sp³-hybridized carbons (Fsp3) is 0.538. The van der Waals surface area contributed by atoms with E-state index in [4.69, 9.17) is 4.74 Å². The molecule has 1 aliphatic heterocycles. The van der Waals surface area contributed by atoms with Crippen LogP contribution in [0.1, 0.15) is 12.0 Å². The van der Waals surface area contributed by atoms with Gasteiger partial charge in [-0.25, -0.2) is 0 Å². The van der Waals surface area contributed by atoms with Gasteiger partial charge in [-0.2, -0.15) is 0 Å². The van der Waals surface area contributed by atoms with Crippen molar-refractivity contribution in [3.63, 3.8) is 0 Å². The number of nitrogens with zero attached hydrogens (tertiary/aromatic N) is 1. The minimum Gasteiger partial charge on any atom is -0.405 e. The predicted octanol–water partition coefficient (Wildman–Crippen LogP) is 3.57. The van der Waals surface area contributed by atoms with Crippen LogP contribution in [-0.2, 0) is 11.3 Å². The number of alkyl halides is 3. The van der Waals surface area contributed by atoms with E-state index in [1.807, 2.05) is 0 Å². The predicted molar refractivity (Wildman–Crippen MR) is 71.5 cm³/mol. The SMILES string of the molecule is CO[C@@H]1CCN(Cc2ccc(OC(F)(F)F)c(Br)c2)C1. The van der Waals surface area contributed by atoms with Crippen molar-refractivity contribution in [2.45, 2.75) is 25.4 Å². The Labute approximate surface area is 123 Å². The second kappa shape index (κ2) is 6.32. The van der Waals surface area contributed by atoms with Crippen LogP contribution in [0.2, 0.25) is 0 Å². The van der Waals surface area contributed by atoms with E-state index in [0.717, 1.165) is 25.1 Å². The summed E-state index contributed by atoms with van der Waals surface area (Å²) < 4.78 is 46.0. The van der Waals surface area contributed by atoms with Crippen LogP contribution >= 0.6 is 15.9 Å². The van der Waals surface area contributed by atoms with Crippen molar-refractivity contribution < 1.29 is 22.6 Å². The van der Waals surface area contributed by atoms with Gasteiger partial charge in [0.2, 0.25) is 0 Å². The van der Waals surface area contributed by atoms with Crippen molar-refractivity contribution in [2.24, 2.45) is 0 Å². The van der Waals surface area contributed by atoms with Crippen LogP contribution in [0.4, 0.5) is 13.2 Å². The monoisotopic (exact) mass is 353 g/mol. The summed E-state index contributed by atoms with van der Waals surface area (Å²) in [5, 5.41) is 0. The van der Waals surface area contributed by atoms with Gasteiger partial charge in [0, 0.05) is 26.7 Å². The Balaban J connectivity index is 1.99. The molecule has 1 fully saturated rings. The van der Waals surface area contributed by atoms with Gasteiger partial charge in [0.05, 0.1) is 10.6 Å². The average Bonchev–Trinajstić information content (AvgIpc) is 2.79. The zero-order valence-electron chi connectivity index (χ0n) is 10.9. The fourth-order valence-corrected chi connectivity index (χ4v) is 2.75. The molecule has 1 saturated heterocycles. The molecule has 0 amide bonds. The molecule has 1 aliphatic rings. The molecule has 0 spiro atoms. The smallest absolute Gasteiger partial charge is 0.405 e. The third-order valence-corrected chi connectivity index (χ3v) is 3.81. The van der Waals surface area contributed by atoms with Gasteiger partial charge < -0.3 is 9.47 Å². The van der Waals surface area contributed by atoms with Gasteiger partial charge in [0.25, 0.3) is 0 Å². The number of halogens is 4. The van der Waals surface area contributed by atoms with Crippen LogP contribution in [0.25, 0.3) is 0 Å². The topological polar surface area (TPSA) is 21.7 Å². The Hall–Kier alpha value is -0.790. The van der Waals surface area contributed by atoms with Gasteiger partial charge in [-0.1, -0.05) is 6.07 Å². The van der Waals surface area contributed by atoms with Crippen LogP contribution in [0.3, 0.4) is 0 Å². The Morgan fingerprint density at radius 1 is 1.40 bits per heavy atom. The summed E-state index contributed by atoms with van der Waals surface area (Å²) in [5.74, 6) is -0.225. The van der Waals surface area contributed by atoms with Crippen LogP contribution in [0, 0.1) is 0 Å². The molecule has 1 aromatic rings. The first-order chi connectivity index (χ1) is 9.37. The Morgan fingerprint density at radius 3 is 2.70 bits per heavy atom. The lowest BCUT2D eigenvalue weighted by Gasteiger charge is -2.17. The second-order valence-corrected chi connectivity index (χ2v) is 5.55. The number of hydrogen-bond donors (Lipinski definition) is 0. The summed E-state index contributed by atoms with van der Waals surface area (Å²) in [6.07, 6.45) is -3.45. The molecule has 0 radical (unpaired) electrons. The van der Waals surface area contributed by atoms with E-state index < -0.39 is 6.36 Å². The maximum absolute atomic E-state index is 12.2. The maximum atomic E-state index is 12.2. The lowest BCUT2D eigenvalue weighted by molar-refractivity contribution is -0.274. The Bertz CT molecular complexity index is 467. The van der Waals surface area contributed by atoms with E-state index in [-0.39, 0.29) is 11.9 Å². The van der Waals surface area contributed by atoms with E-state index >= 15 is 0 Å². The second-order valence-electron chi connectivity index (χ2n) is 4.69. The first kappa shape index (κ1) is 15.6. The summed E-state index contributed by atoms with van der Waals surface area (Å²) >= 11 is 3.11. The van der Waals surface area contributed by atoms with Gasteiger partial charge in [-0.05, 0) is 40.0 Å². The molecule has 0 aromatic heterocycles. The van der Waals surface area contributed by atoms with Crippen molar-refractivity contribution in [1.82, 2.24) is 4.90 Å². The molecule has 1 aromatic carbocycles. The van der Waals surface area contributed by atoms with Gasteiger partial charge in [0.15, 0.2) is 0 Å². The van der Waals surface area contributed by atoms with Gasteiger partial charge in [0.1, 0.15) is 5.75 Å². The van der Waals surface area contributed by atoms with Crippen molar-refractivity contribution in [1.29, 1.82) is 0 Å². The van der Waals surface area contributed by atoms with Gasteiger partial charge in [-0.3, -0.25) is 4.90 Å². The molecular formula is C13H15BrF3NO2. The molecule has 0 aliphatic carbocycles. The molecule has 7 heteroatoms. The average molecular weight is 354 g/mol. The first-order valence-corrected chi connectivity index (χ1v) is 6.96. The van der Waals surface area contributed by atoms with Crippen molar-refractivity contribution in [3.05, 3.63) is 28.2 Å². The van der Waals surface area contributed by atoms with Crippen molar-refractivity contribution >= 4 is 15.9 Å². The van der Waals surface area contributed by atoms with E-state index in [1.165, 1.54) is 6.07 Å². The summed E-state index contributed by atoms with van der Waals surface area (Å²) in [6, 6.07) is 4.63. The molecule has 20 heavy (non-hydrogen) atoms. The summed E-state index contributed by atoms with van der Waals surface area (Å²) in [6.45, 7) is 2.45. The zero-order valence-corrected chi connectivity index (χ0v) is 12.5. The highest BCUT2D eigenvalue weighted by molar-refractivity contribution is 9.10.